The number of nitrogens with one attached hydrogen (secondary N) is 2. The van der Waals surface area contributed by atoms with Crippen molar-refractivity contribution in [2.45, 2.75) is 96.1 Å². The molecule has 2 aromatic carbocycles. The molecular weight excluding hydrogens is 591 g/mol. The highest BCUT2D eigenvalue weighted by molar-refractivity contribution is 5.97. The Hall–Kier alpha value is -3.45. The Morgan fingerprint density at radius 1 is 1.07 bits per heavy atom. The topological polar surface area (TPSA) is 95.1 Å². The SMILES string of the molecule is CC[C@@H](Nc1cc(F)c(C(=O)N[C@@H](Cc2ccc(C3OC(C)(C)C(C)(C)O3)c3c2CCCO3)C(=O)OC)c(F)c1)C(F)(F)F. The van der Waals surface area contributed by atoms with Gasteiger partial charge in [0.1, 0.15) is 35.0 Å². The molecule has 2 N–H and O–H groups in total. The Labute approximate surface area is 252 Å². The van der Waals surface area contributed by atoms with Gasteiger partial charge in [-0.1, -0.05) is 13.0 Å². The molecule has 2 aliphatic rings. The molecule has 2 aromatic rings. The molecule has 0 saturated carbocycles. The van der Waals surface area contributed by atoms with Crippen LogP contribution < -0.4 is 15.4 Å². The number of anilines is 1. The van der Waals surface area contributed by atoms with Crippen LogP contribution in [-0.2, 0) is 31.8 Å². The van der Waals surface area contributed by atoms with Crippen molar-refractivity contribution in [1.29, 1.82) is 0 Å². The zero-order valence-electron chi connectivity index (χ0n) is 25.4. The Morgan fingerprint density at radius 2 is 1.68 bits per heavy atom. The molecule has 2 aliphatic heterocycles. The maximum Gasteiger partial charge on any atom is 0.408 e. The van der Waals surface area contributed by atoms with Gasteiger partial charge >= 0.3 is 12.1 Å². The number of benzene rings is 2. The van der Waals surface area contributed by atoms with E-state index in [-0.39, 0.29) is 12.8 Å². The van der Waals surface area contributed by atoms with Gasteiger partial charge in [0.25, 0.3) is 5.91 Å². The Balaban J connectivity index is 1.59. The van der Waals surface area contributed by atoms with Crippen LogP contribution in [0.1, 0.15) is 80.8 Å². The van der Waals surface area contributed by atoms with Gasteiger partial charge in [0.2, 0.25) is 0 Å². The molecule has 2 atom stereocenters. The van der Waals surface area contributed by atoms with E-state index in [1.807, 2.05) is 33.0 Å². The predicted octanol–water partition coefficient (Wildman–Crippen LogP) is 6.16. The van der Waals surface area contributed by atoms with Crippen LogP contribution in [0.2, 0.25) is 0 Å². The maximum absolute atomic E-state index is 14.9. The molecule has 0 aliphatic carbocycles. The first-order valence-corrected chi connectivity index (χ1v) is 14.3. The van der Waals surface area contributed by atoms with Crippen LogP contribution in [0.5, 0.6) is 5.75 Å². The van der Waals surface area contributed by atoms with E-state index in [4.69, 9.17) is 18.9 Å². The van der Waals surface area contributed by atoms with Gasteiger partial charge < -0.3 is 29.6 Å². The molecule has 2 heterocycles. The Morgan fingerprint density at radius 3 is 2.23 bits per heavy atom. The number of esters is 1. The van der Waals surface area contributed by atoms with Gasteiger partial charge in [-0.25, -0.2) is 13.6 Å². The summed E-state index contributed by atoms with van der Waals surface area (Å²) >= 11 is 0. The maximum atomic E-state index is 14.9. The lowest BCUT2D eigenvalue weighted by molar-refractivity contribution is -0.143. The molecule has 1 saturated heterocycles. The number of hydrogen-bond donors (Lipinski definition) is 2. The van der Waals surface area contributed by atoms with Gasteiger partial charge in [0.05, 0.1) is 30.5 Å². The lowest BCUT2D eigenvalue weighted by Gasteiger charge is -2.30. The van der Waals surface area contributed by atoms with E-state index >= 15 is 0 Å². The molecule has 0 bridgehead atoms. The van der Waals surface area contributed by atoms with E-state index in [2.05, 4.69) is 5.32 Å². The van der Waals surface area contributed by atoms with Crippen molar-refractivity contribution >= 4 is 17.6 Å². The average molecular weight is 629 g/mol. The van der Waals surface area contributed by atoms with E-state index in [9.17, 15) is 31.5 Å². The molecule has 0 unspecified atom stereocenters. The summed E-state index contributed by atoms with van der Waals surface area (Å²) in [7, 11) is 1.11. The summed E-state index contributed by atoms with van der Waals surface area (Å²) in [5.41, 5.74) is -0.636. The lowest BCUT2D eigenvalue weighted by Crippen LogP contribution is -2.44. The normalized spacial score (nSPS) is 19.0. The second-order valence-corrected chi connectivity index (χ2v) is 11.9. The second-order valence-electron chi connectivity index (χ2n) is 11.9. The van der Waals surface area contributed by atoms with Crippen LogP contribution in [0.4, 0.5) is 27.6 Å². The minimum Gasteiger partial charge on any atom is -0.493 e. The summed E-state index contributed by atoms with van der Waals surface area (Å²) in [6.07, 6.45) is -4.56. The molecule has 0 radical (unpaired) electrons. The summed E-state index contributed by atoms with van der Waals surface area (Å²) in [5, 5.41) is 4.36. The third-order valence-corrected chi connectivity index (χ3v) is 8.34. The number of fused-ring (bicyclic) bond motifs is 1. The minimum absolute atomic E-state index is 0.0968. The number of alkyl halides is 3. The first-order valence-electron chi connectivity index (χ1n) is 14.3. The zero-order chi connectivity index (χ0) is 32.6. The number of rotatable bonds is 9. The monoisotopic (exact) mass is 628 g/mol. The first-order chi connectivity index (χ1) is 20.5. The van der Waals surface area contributed by atoms with Crippen molar-refractivity contribution in [3.8, 4) is 5.75 Å². The van der Waals surface area contributed by atoms with Gasteiger partial charge in [0.15, 0.2) is 6.29 Å². The van der Waals surface area contributed by atoms with Crippen molar-refractivity contribution in [3.05, 3.63) is 58.2 Å². The van der Waals surface area contributed by atoms with Gasteiger partial charge in [-0.2, -0.15) is 13.2 Å². The number of carbonyl (C=O) groups is 2. The number of methoxy groups -OCH3 is 1. The van der Waals surface area contributed by atoms with Crippen LogP contribution in [0.25, 0.3) is 0 Å². The number of amides is 1. The predicted molar refractivity (Wildman–Crippen MR) is 150 cm³/mol. The summed E-state index contributed by atoms with van der Waals surface area (Å²) < 4.78 is 92.5. The fraction of sp³-hybridized carbons (Fsp3) is 0.548. The summed E-state index contributed by atoms with van der Waals surface area (Å²) in [6, 6.07) is 1.31. The van der Waals surface area contributed by atoms with Crippen molar-refractivity contribution in [3.63, 3.8) is 0 Å². The molecule has 0 spiro atoms. The van der Waals surface area contributed by atoms with E-state index in [0.29, 0.717) is 48.5 Å². The number of halogens is 5. The van der Waals surface area contributed by atoms with Crippen molar-refractivity contribution in [2.75, 3.05) is 19.0 Å². The first kappa shape index (κ1) is 33.4. The number of ether oxygens (including phenoxy) is 4. The highest BCUT2D eigenvalue weighted by atomic mass is 19.4. The van der Waals surface area contributed by atoms with Crippen molar-refractivity contribution in [2.24, 2.45) is 0 Å². The minimum atomic E-state index is -4.65. The quantitative estimate of drug-likeness (QED) is 0.254. The standard InChI is InChI=1S/C31H37F5N2O6/c1-7-23(31(34,35)36)37-17-14-20(32)24(21(33)15-17)26(39)38-22(27(40)41-6)13-16-10-11-19(25-18(16)9-8-12-42-25)28-43-29(2,3)30(4,5)44-28/h10-11,14-15,22-23,28,37H,7-9,12-13H2,1-6H3,(H,38,39)/t22-,23+/m0/s1. The van der Waals surface area contributed by atoms with E-state index in [1.165, 1.54) is 6.92 Å². The third kappa shape index (κ3) is 6.78. The van der Waals surface area contributed by atoms with Gasteiger partial charge in [-0.3, -0.25) is 4.79 Å². The van der Waals surface area contributed by atoms with E-state index in [0.717, 1.165) is 12.7 Å². The summed E-state index contributed by atoms with van der Waals surface area (Å²) in [4.78, 5) is 25.8. The van der Waals surface area contributed by atoms with Crippen molar-refractivity contribution < 1.29 is 50.5 Å². The number of hydrogen-bond acceptors (Lipinski definition) is 7. The number of carbonyl (C=O) groups excluding carboxylic acids is 2. The summed E-state index contributed by atoms with van der Waals surface area (Å²) in [5.74, 6) is -4.39. The third-order valence-electron chi connectivity index (χ3n) is 8.34. The van der Waals surface area contributed by atoms with E-state index < -0.39 is 70.5 Å². The lowest BCUT2D eigenvalue weighted by atomic mass is 9.90. The van der Waals surface area contributed by atoms with Crippen molar-refractivity contribution in [1.82, 2.24) is 5.32 Å². The molecule has 1 fully saturated rings. The second kappa shape index (κ2) is 12.5. The molecule has 44 heavy (non-hydrogen) atoms. The molecule has 1 amide bonds. The Bertz CT molecular complexity index is 1370. The van der Waals surface area contributed by atoms with Crippen LogP contribution >= 0.6 is 0 Å². The van der Waals surface area contributed by atoms with Gasteiger partial charge in [0, 0.05) is 12.1 Å². The summed E-state index contributed by atoms with van der Waals surface area (Å²) in [6.45, 7) is 9.43. The van der Waals surface area contributed by atoms with Crippen LogP contribution in [0.3, 0.4) is 0 Å². The largest absolute Gasteiger partial charge is 0.493 e. The molecule has 13 heteroatoms. The van der Waals surface area contributed by atoms with E-state index in [1.54, 1.807) is 12.1 Å². The average Bonchev–Trinajstić information content (AvgIpc) is 3.15. The molecule has 242 valence electrons. The highest BCUT2D eigenvalue weighted by Gasteiger charge is 2.50. The van der Waals surface area contributed by atoms with Crippen LogP contribution in [-0.4, -0.2) is 55.1 Å². The van der Waals surface area contributed by atoms with Crippen LogP contribution in [0.15, 0.2) is 24.3 Å². The highest BCUT2D eigenvalue weighted by Crippen LogP contribution is 2.48. The van der Waals surface area contributed by atoms with Gasteiger partial charge in [-0.05, 0) is 76.3 Å². The zero-order valence-corrected chi connectivity index (χ0v) is 25.4. The van der Waals surface area contributed by atoms with Crippen LogP contribution in [0, 0.1) is 11.6 Å². The Kier molecular flexibility index (Phi) is 9.51. The molecule has 8 nitrogen and oxygen atoms in total. The molecular formula is C31H37F5N2O6. The fourth-order valence-corrected chi connectivity index (χ4v) is 5.18. The molecule has 0 aromatic heterocycles. The fourth-order valence-electron chi connectivity index (χ4n) is 5.18. The smallest absolute Gasteiger partial charge is 0.408 e. The molecule has 4 rings (SSSR count). The van der Waals surface area contributed by atoms with Gasteiger partial charge in [-0.15, -0.1) is 0 Å².